The van der Waals surface area contributed by atoms with Gasteiger partial charge in [0.05, 0.1) is 0 Å². The van der Waals surface area contributed by atoms with Crippen LogP contribution in [0.15, 0.2) is 18.2 Å². The van der Waals surface area contributed by atoms with Gasteiger partial charge in [0, 0.05) is 32.4 Å². The zero-order chi connectivity index (χ0) is 13.5. The molecule has 0 saturated heterocycles. The molecule has 1 N–H and O–H groups in total. The molecule has 2 heteroatoms. The van der Waals surface area contributed by atoms with Crippen LogP contribution in [-0.4, -0.2) is 20.1 Å². The minimum absolute atomic E-state index is 0.608. The molecule has 1 aromatic rings. The summed E-state index contributed by atoms with van der Waals surface area (Å²) < 4.78 is 0. The highest BCUT2D eigenvalue weighted by Crippen LogP contribution is 2.51. The summed E-state index contributed by atoms with van der Waals surface area (Å²) in [6.45, 7) is 8.09. The van der Waals surface area contributed by atoms with Gasteiger partial charge in [0.2, 0.25) is 0 Å². The molecule has 19 heavy (non-hydrogen) atoms. The predicted octanol–water partition coefficient (Wildman–Crippen LogP) is 3.20. The Balaban J connectivity index is 1.57. The topological polar surface area (TPSA) is 15.3 Å². The van der Waals surface area contributed by atoms with Crippen molar-refractivity contribution >= 4 is 5.69 Å². The van der Waals surface area contributed by atoms with E-state index in [0.717, 1.165) is 12.5 Å². The number of hydrogen-bond acceptors (Lipinski definition) is 2. The molecule has 0 bridgehead atoms. The normalized spacial score (nSPS) is 19.9. The number of rotatable bonds is 5. The predicted molar refractivity (Wildman–Crippen MR) is 81.6 cm³/mol. The Labute approximate surface area is 117 Å². The van der Waals surface area contributed by atoms with Crippen molar-refractivity contribution in [3.8, 4) is 0 Å². The lowest BCUT2D eigenvalue weighted by atomic mass is 9.92. The molecule has 0 unspecified atom stereocenters. The van der Waals surface area contributed by atoms with Crippen LogP contribution in [0.5, 0.6) is 0 Å². The van der Waals surface area contributed by atoms with Gasteiger partial charge in [0.1, 0.15) is 0 Å². The molecule has 1 aromatic carbocycles. The number of benzene rings is 1. The van der Waals surface area contributed by atoms with Gasteiger partial charge in [-0.05, 0) is 47.8 Å². The lowest BCUT2D eigenvalue weighted by Crippen LogP contribution is -2.27. The van der Waals surface area contributed by atoms with Crippen molar-refractivity contribution in [1.82, 2.24) is 5.32 Å². The number of nitrogens with one attached hydrogen (secondary N) is 1. The van der Waals surface area contributed by atoms with Crippen molar-refractivity contribution in [3.63, 3.8) is 0 Å². The van der Waals surface area contributed by atoms with Crippen molar-refractivity contribution in [2.24, 2.45) is 11.3 Å². The molecule has 1 saturated carbocycles. The van der Waals surface area contributed by atoms with E-state index < -0.39 is 0 Å². The fraction of sp³-hybridized carbons (Fsp3) is 0.647. The van der Waals surface area contributed by atoms with Crippen molar-refractivity contribution < 1.29 is 0 Å². The Kier molecular flexibility index (Phi) is 3.30. The summed E-state index contributed by atoms with van der Waals surface area (Å²) in [5.74, 6) is 0.814. The van der Waals surface area contributed by atoms with E-state index in [1.807, 2.05) is 0 Å². The lowest BCUT2D eigenvalue weighted by molar-refractivity contribution is 0.338. The minimum atomic E-state index is 0.608. The summed E-state index contributed by atoms with van der Waals surface area (Å²) >= 11 is 0. The van der Waals surface area contributed by atoms with Crippen molar-refractivity contribution in [1.29, 1.82) is 0 Å². The fourth-order valence-corrected chi connectivity index (χ4v) is 3.30. The molecular formula is C17H26N2. The Bertz CT molecular complexity index is 460. The molecule has 0 amide bonds. The summed E-state index contributed by atoms with van der Waals surface area (Å²) in [7, 11) is 2.18. The highest BCUT2D eigenvalue weighted by Gasteiger charge is 2.44. The highest BCUT2D eigenvalue weighted by molar-refractivity contribution is 5.58. The maximum absolute atomic E-state index is 3.67. The first-order valence-electron chi connectivity index (χ1n) is 7.64. The van der Waals surface area contributed by atoms with E-state index in [-0.39, 0.29) is 0 Å². The number of fused-ring (bicyclic) bond motifs is 1. The van der Waals surface area contributed by atoms with Crippen LogP contribution in [0.2, 0.25) is 0 Å². The number of anilines is 1. The minimum Gasteiger partial charge on any atom is -0.374 e. The molecule has 0 radical (unpaired) electrons. The van der Waals surface area contributed by atoms with Gasteiger partial charge in [-0.2, -0.15) is 0 Å². The Morgan fingerprint density at radius 2 is 2.11 bits per heavy atom. The standard InChI is InChI=1S/C17H26N2/c1-13(2)17(7-8-17)12-18-11-14-4-5-16-15(10-14)6-9-19(16)3/h4-5,10,13,18H,6-9,11-12H2,1-3H3. The molecular weight excluding hydrogens is 232 g/mol. The monoisotopic (exact) mass is 258 g/mol. The molecule has 3 rings (SSSR count). The molecule has 0 spiro atoms. The quantitative estimate of drug-likeness (QED) is 0.872. The summed E-state index contributed by atoms with van der Waals surface area (Å²) in [5, 5.41) is 3.67. The van der Waals surface area contributed by atoms with Crippen LogP contribution in [0, 0.1) is 11.3 Å². The average molecular weight is 258 g/mol. The third kappa shape index (κ3) is 2.51. The molecule has 1 aliphatic carbocycles. The molecule has 2 aliphatic rings. The van der Waals surface area contributed by atoms with Gasteiger partial charge in [-0.25, -0.2) is 0 Å². The molecule has 1 heterocycles. The molecule has 0 atom stereocenters. The zero-order valence-corrected chi connectivity index (χ0v) is 12.5. The number of hydrogen-bond donors (Lipinski definition) is 1. The van der Waals surface area contributed by atoms with E-state index in [1.54, 1.807) is 0 Å². The second kappa shape index (κ2) is 4.82. The Morgan fingerprint density at radius 1 is 1.32 bits per heavy atom. The van der Waals surface area contributed by atoms with Gasteiger partial charge in [-0.1, -0.05) is 26.0 Å². The Morgan fingerprint density at radius 3 is 2.79 bits per heavy atom. The van der Waals surface area contributed by atoms with E-state index in [9.17, 15) is 0 Å². The molecule has 1 fully saturated rings. The summed E-state index contributed by atoms with van der Waals surface area (Å²) in [4.78, 5) is 2.35. The van der Waals surface area contributed by atoms with E-state index in [4.69, 9.17) is 0 Å². The van der Waals surface area contributed by atoms with Gasteiger partial charge in [0.25, 0.3) is 0 Å². The van der Waals surface area contributed by atoms with Gasteiger partial charge >= 0.3 is 0 Å². The number of likely N-dealkylation sites (N-methyl/N-ethyl adjacent to an activating group) is 1. The maximum Gasteiger partial charge on any atom is 0.0397 e. The third-order valence-corrected chi connectivity index (χ3v) is 5.19. The largest absolute Gasteiger partial charge is 0.374 e. The van der Waals surface area contributed by atoms with Crippen LogP contribution in [0.4, 0.5) is 5.69 Å². The third-order valence-electron chi connectivity index (χ3n) is 5.19. The lowest BCUT2D eigenvalue weighted by Gasteiger charge is -2.20. The maximum atomic E-state index is 3.67. The van der Waals surface area contributed by atoms with E-state index in [1.165, 1.54) is 49.2 Å². The number of nitrogens with zero attached hydrogens (tertiary/aromatic N) is 1. The first-order valence-corrected chi connectivity index (χ1v) is 7.64. The van der Waals surface area contributed by atoms with Crippen LogP contribution in [0.3, 0.4) is 0 Å². The fourth-order valence-electron chi connectivity index (χ4n) is 3.30. The average Bonchev–Trinajstić information content (AvgIpc) is 3.09. The van der Waals surface area contributed by atoms with Gasteiger partial charge in [-0.15, -0.1) is 0 Å². The van der Waals surface area contributed by atoms with E-state index in [0.29, 0.717) is 5.41 Å². The Hall–Kier alpha value is -1.02. The van der Waals surface area contributed by atoms with Crippen LogP contribution in [-0.2, 0) is 13.0 Å². The van der Waals surface area contributed by atoms with Crippen molar-refractivity contribution in [3.05, 3.63) is 29.3 Å². The zero-order valence-electron chi connectivity index (χ0n) is 12.5. The van der Waals surface area contributed by atoms with E-state index >= 15 is 0 Å². The second-order valence-electron chi connectivity index (χ2n) is 6.76. The van der Waals surface area contributed by atoms with Crippen molar-refractivity contribution in [2.45, 2.75) is 39.7 Å². The smallest absolute Gasteiger partial charge is 0.0397 e. The van der Waals surface area contributed by atoms with Crippen LogP contribution >= 0.6 is 0 Å². The second-order valence-corrected chi connectivity index (χ2v) is 6.76. The van der Waals surface area contributed by atoms with E-state index in [2.05, 4.69) is 49.3 Å². The first kappa shape index (κ1) is 13.0. The molecule has 0 aromatic heterocycles. The SMILES string of the molecule is CC(C)C1(CNCc2ccc3c(c2)CCN3C)CC1. The summed E-state index contributed by atoms with van der Waals surface area (Å²) in [6.07, 6.45) is 4.02. The van der Waals surface area contributed by atoms with Crippen LogP contribution in [0.25, 0.3) is 0 Å². The van der Waals surface area contributed by atoms with Gasteiger partial charge < -0.3 is 10.2 Å². The first-order chi connectivity index (χ1) is 9.11. The van der Waals surface area contributed by atoms with Gasteiger partial charge in [0.15, 0.2) is 0 Å². The van der Waals surface area contributed by atoms with Gasteiger partial charge in [-0.3, -0.25) is 0 Å². The molecule has 1 aliphatic heterocycles. The molecule has 104 valence electrons. The summed E-state index contributed by atoms with van der Waals surface area (Å²) in [5.41, 5.74) is 4.99. The van der Waals surface area contributed by atoms with Crippen molar-refractivity contribution in [2.75, 3.05) is 25.0 Å². The highest BCUT2D eigenvalue weighted by atomic mass is 15.1. The molecule has 2 nitrogen and oxygen atoms in total. The van der Waals surface area contributed by atoms with Crippen LogP contribution in [0.1, 0.15) is 37.8 Å². The van der Waals surface area contributed by atoms with Crippen LogP contribution < -0.4 is 10.2 Å². The summed E-state index contributed by atoms with van der Waals surface area (Å²) in [6, 6.07) is 6.96.